The lowest BCUT2D eigenvalue weighted by Gasteiger charge is -2.15. The zero-order chi connectivity index (χ0) is 21.9. The van der Waals surface area contributed by atoms with Crippen LogP contribution in [0, 0.1) is 0 Å². The van der Waals surface area contributed by atoms with Gasteiger partial charge >= 0.3 is 0 Å². The molecule has 0 fully saturated rings. The molecule has 8 heteroatoms. The molecule has 0 aromatic heterocycles. The molecule has 0 heterocycles. The van der Waals surface area contributed by atoms with E-state index in [1.165, 1.54) is 0 Å². The maximum atomic E-state index is 12.8. The van der Waals surface area contributed by atoms with Gasteiger partial charge in [0, 0.05) is 11.0 Å². The third-order valence-corrected chi connectivity index (χ3v) is 4.81. The third kappa shape index (κ3) is 7.11. The number of para-hydroxylation sites is 1. The number of amides is 2. The highest BCUT2D eigenvalue weighted by Crippen LogP contribution is 2.23. The number of unbranched alkanes of at least 4 members (excludes halogenated alkanes) is 1. The van der Waals surface area contributed by atoms with Crippen molar-refractivity contribution in [3.05, 3.63) is 58.1 Å². The van der Waals surface area contributed by atoms with Crippen LogP contribution in [-0.4, -0.2) is 30.1 Å². The Labute approximate surface area is 190 Å². The van der Waals surface area contributed by atoms with Crippen molar-refractivity contribution in [2.24, 2.45) is 0 Å². The number of anilines is 1. The summed E-state index contributed by atoms with van der Waals surface area (Å²) in [6.45, 7) is 5.17. The minimum atomic E-state index is -0.398. The number of carbonyl (C=O) groups excluding carboxylic acids is 2. The molecule has 2 rings (SSSR count). The first-order valence-electron chi connectivity index (χ1n) is 9.88. The lowest BCUT2D eigenvalue weighted by atomic mass is 10.1. The summed E-state index contributed by atoms with van der Waals surface area (Å²) in [6, 6.07) is 12.2. The van der Waals surface area contributed by atoms with Crippen LogP contribution in [0.15, 0.2) is 46.9 Å². The first-order chi connectivity index (χ1) is 14.5. The molecule has 30 heavy (non-hydrogen) atoms. The molecule has 0 bridgehead atoms. The lowest BCUT2D eigenvalue weighted by Crippen LogP contribution is -2.35. The van der Waals surface area contributed by atoms with E-state index in [2.05, 4.69) is 38.8 Å². The van der Waals surface area contributed by atoms with Gasteiger partial charge in [-0.15, -0.1) is 0 Å². The summed E-state index contributed by atoms with van der Waals surface area (Å²) in [5.74, 6) is -0.108. The highest BCUT2D eigenvalue weighted by Gasteiger charge is 2.16. The molecule has 0 aliphatic rings. The van der Waals surface area contributed by atoms with Gasteiger partial charge in [0.2, 0.25) is 0 Å². The molecule has 0 aliphatic heterocycles. The van der Waals surface area contributed by atoms with Crippen molar-refractivity contribution < 1.29 is 14.3 Å². The number of thiocarbonyl (C=S) groups is 1. The second kappa shape index (κ2) is 12.3. The minimum absolute atomic E-state index is 0.0928. The Bertz CT molecular complexity index is 905. The Balaban J connectivity index is 2.09. The molecule has 0 saturated heterocycles. The van der Waals surface area contributed by atoms with Crippen LogP contribution in [0.3, 0.4) is 0 Å². The predicted molar refractivity (Wildman–Crippen MR) is 127 cm³/mol. The number of carbonyl (C=O) groups is 2. The van der Waals surface area contributed by atoms with Crippen molar-refractivity contribution in [3.63, 3.8) is 0 Å². The van der Waals surface area contributed by atoms with Crippen molar-refractivity contribution in [3.8, 4) is 5.75 Å². The second-order valence-corrected chi connectivity index (χ2v) is 7.88. The van der Waals surface area contributed by atoms with E-state index in [0.717, 1.165) is 23.7 Å². The van der Waals surface area contributed by atoms with Crippen LogP contribution in [0.5, 0.6) is 5.75 Å². The van der Waals surface area contributed by atoms with E-state index < -0.39 is 5.91 Å². The molecule has 2 aromatic rings. The molecule has 0 aliphatic carbocycles. The van der Waals surface area contributed by atoms with Gasteiger partial charge in [-0.05, 0) is 55.4 Å². The molecule has 0 radical (unpaired) electrons. The first-order valence-corrected chi connectivity index (χ1v) is 11.1. The Morgan fingerprint density at radius 1 is 1.03 bits per heavy atom. The van der Waals surface area contributed by atoms with Crippen LogP contribution < -0.4 is 20.7 Å². The third-order valence-electron chi connectivity index (χ3n) is 4.11. The highest BCUT2D eigenvalue weighted by atomic mass is 79.9. The van der Waals surface area contributed by atoms with Crippen LogP contribution in [0.2, 0.25) is 0 Å². The van der Waals surface area contributed by atoms with Gasteiger partial charge < -0.3 is 15.4 Å². The summed E-state index contributed by atoms with van der Waals surface area (Å²) >= 11 is 8.68. The van der Waals surface area contributed by atoms with Crippen LogP contribution >= 0.6 is 28.1 Å². The van der Waals surface area contributed by atoms with E-state index in [0.29, 0.717) is 35.7 Å². The van der Waals surface area contributed by atoms with Gasteiger partial charge in [0.1, 0.15) is 5.75 Å². The fourth-order valence-corrected chi connectivity index (χ4v) is 3.17. The number of halogens is 1. The van der Waals surface area contributed by atoms with Crippen molar-refractivity contribution in [1.82, 2.24) is 10.6 Å². The Hall–Kier alpha value is -2.45. The highest BCUT2D eigenvalue weighted by molar-refractivity contribution is 9.10. The van der Waals surface area contributed by atoms with Crippen LogP contribution in [0.1, 0.15) is 53.8 Å². The summed E-state index contributed by atoms with van der Waals surface area (Å²) in [5.41, 5.74) is 1.35. The zero-order valence-corrected chi connectivity index (χ0v) is 19.5. The van der Waals surface area contributed by atoms with Gasteiger partial charge in [-0.3, -0.25) is 14.9 Å². The molecule has 0 spiro atoms. The van der Waals surface area contributed by atoms with E-state index in [1.807, 2.05) is 13.0 Å². The van der Waals surface area contributed by atoms with E-state index >= 15 is 0 Å². The number of ether oxygens (including phenoxy) is 1. The fraction of sp³-hybridized carbons (Fsp3) is 0.318. The van der Waals surface area contributed by atoms with Gasteiger partial charge in [0.25, 0.3) is 11.8 Å². The monoisotopic (exact) mass is 491 g/mol. The van der Waals surface area contributed by atoms with Crippen LogP contribution in [0.4, 0.5) is 5.69 Å². The normalized spacial score (nSPS) is 10.2. The van der Waals surface area contributed by atoms with Crippen molar-refractivity contribution in [2.45, 2.75) is 33.1 Å². The molecule has 0 unspecified atom stereocenters. The lowest BCUT2D eigenvalue weighted by molar-refractivity contribution is 0.0951. The SMILES string of the molecule is CCCCNC(=O)c1ccccc1NC(=S)NC(=O)c1cc(Br)ccc1OCCC. The van der Waals surface area contributed by atoms with E-state index in [4.69, 9.17) is 17.0 Å². The van der Waals surface area contributed by atoms with Crippen molar-refractivity contribution >= 4 is 50.8 Å². The topological polar surface area (TPSA) is 79.5 Å². The smallest absolute Gasteiger partial charge is 0.261 e. The second-order valence-electron chi connectivity index (χ2n) is 6.55. The maximum absolute atomic E-state index is 12.8. The Kier molecular flexibility index (Phi) is 9.76. The largest absolute Gasteiger partial charge is 0.493 e. The van der Waals surface area contributed by atoms with Crippen molar-refractivity contribution in [1.29, 1.82) is 0 Å². The van der Waals surface area contributed by atoms with Crippen LogP contribution in [0.25, 0.3) is 0 Å². The average molecular weight is 492 g/mol. The fourth-order valence-electron chi connectivity index (χ4n) is 2.61. The van der Waals surface area contributed by atoms with Gasteiger partial charge in [-0.1, -0.05) is 48.3 Å². The Morgan fingerprint density at radius 3 is 2.53 bits per heavy atom. The van der Waals surface area contributed by atoms with Gasteiger partial charge in [0.15, 0.2) is 5.11 Å². The summed E-state index contributed by atoms with van der Waals surface area (Å²) < 4.78 is 6.42. The predicted octanol–water partition coefficient (Wildman–Crippen LogP) is 4.89. The van der Waals surface area contributed by atoms with E-state index in [1.54, 1.807) is 36.4 Å². The number of nitrogens with one attached hydrogen (secondary N) is 3. The van der Waals surface area contributed by atoms with Crippen molar-refractivity contribution in [2.75, 3.05) is 18.5 Å². The molecule has 2 aromatic carbocycles. The summed E-state index contributed by atoms with van der Waals surface area (Å²) in [7, 11) is 0. The molecule has 160 valence electrons. The van der Waals surface area contributed by atoms with E-state index in [-0.39, 0.29) is 11.0 Å². The number of hydrogen-bond acceptors (Lipinski definition) is 4. The molecule has 0 atom stereocenters. The van der Waals surface area contributed by atoms with Crippen LogP contribution in [-0.2, 0) is 0 Å². The minimum Gasteiger partial charge on any atom is -0.493 e. The van der Waals surface area contributed by atoms with Gasteiger partial charge in [-0.25, -0.2) is 0 Å². The van der Waals surface area contributed by atoms with Gasteiger partial charge in [-0.2, -0.15) is 0 Å². The van der Waals surface area contributed by atoms with E-state index in [9.17, 15) is 9.59 Å². The summed E-state index contributed by atoms with van der Waals surface area (Å²) in [6.07, 6.45) is 2.73. The summed E-state index contributed by atoms with van der Waals surface area (Å²) in [4.78, 5) is 25.2. The molecule has 6 nitrogen and oxygen atoms in total. The molecular formula is C22H26BrN3O3S. The molecule has 2 amide bonds. The number of benzene rings is 2. The first kappa shape index (κ1) is 23.8. The standard InChI is InChI=1S/C22H26BrN3O3S/c1-3-5-12-24-20(27)16-8-6-7-9-18(16)25-22(30)26-21(28)17-14-15(23)10-11-19(17)29-13-4-2/h6-11,14H,3-5,12-13H2,1-2H3,(H,24,27)(H2,25,26,28,30). The summed E-state index contributed by atoms with van der Waals surface area (Å²) in [5, 5.41) is 8.58. The zero-order valence-electron chi connectivity index (χ0n) is 17.1. The molecule has 0 saturated carbocycles. The number of rotatable bonds is 9. The quantitative estimate of drug-likeness (QED) is 0.343. The molecular weight excluding hydrogens is 466 g/mol. The Morgan fingerprint density at radius 2 is 1.80 bits per heavy atom. The maximum Gasteiger partial charge on any atom is 0.261 e. The molecule has 3 N–H and O–H groups in total. The number of hydrogen-bond donors (Lipinski definition) is 3. The average Bonchev–Trinajstić information content (AvgIpc) is 2.73. The van der Waals surface area contributed by atoms with Gasteiger partial charge in [0.05, 0.1) is 23.4 Å².